The Kier molecular flexibility index (Phi) is 7.28. The van der Waals surface area contributed by atoms with Gasteiger partial charge in [0.15, 0.2) is 6.61 Å². The Hall–Kier alpha value is -3.28. The summed E-state index contributed by atoms with van der Waals surface area (Å²) < 4.78 is 15.7. The van der Waals surface area contributed by atoms with Crippen LogP contribution in [0.15, 0.2) is 64.9 Å². The molecule has 152 valence electrons. The molecule has 3 rings (SSSR count). The Morgan fingerprint density at radius 3 is 2.83 bits per heavy atom. The first-order chi connectivity index (χ1) is 14.2. The van der Waals surface area contributed by atoms with E-state index in [1.165, 1.54) is 6.08 Å². The summed E-state index contributed by atoms with van der Waals surface area (Å²) in [6.07, 6.45) is 10.5. The molecule has 1 heterocycles. The smallest absolute Gasteiger partial charge is 0.331 e. The molecule has 6 nitrogen and oxygen atoms in total. The molecule has 1 aliphatic carbocycles. The zero-order valence-corrected chi connectivity index (χ0v) is 16.5. The van der Waals surface area contributed by atoms with E-state index in [4.69, 9.17) is 13.9 Å². The maximum atomic E-state index is 12.8. The van der Waals surface area contributed by atoms with E-state index in [9.17, 15) is 9.59 Å². The Morgan fingerprint density at radius 1 is 1.21 bits per heavy atom. The Balaban J connectivity index is 1.59. The van der Waals surface area contributed by atoms with Gasteiger partial charge in [0.25, 0.3) is 5.91 Å². The van der Waals surface area contributed by atoms with Gasteiger partial charge in [-0.15, -0.1) is 0 Å². The molecule has 0 N–H and O–H groups in total. The van der Waals surface area contributed by atoms with Gasteiger partial charge in [0.05, 0.1) is 19.9 Å². The Labute approximate surface area is 170 Å². The van der Waals surface area contributed by atoms with Crippen LogP contribution in [0.3, 0.4) is 0 Å². The molecule has 1 aliphatic rings. The van der Waals surface area contributed by atoms with Gasteiger partial charge < -0.3 is 18.8 Å². The molecule has 0 unspecified atom stereocenters. The lowest BCUT2D eigenvalue weighted by Crippen LogP contribution is -2.34. The van der Waals surface area contributed by atoms with Crippen LogP contribution < -0.4 is 4.74 Å². The molecule has 1 amide bonds. The van der Waals surface area contributed by atoms with Crippen molar-refractivity contribution in [3.8, 4) is 5.75 Å². The first kappa shape index (κ1) is 20.5. The first-order valence-corrected chi connectivity index (χ1v) is 9.66. The molecule has 1 aromatic carbocycles. The summed E-state index contributed by atoms with van der Waals surface area (Å²) in [6, 6.07) is 10.9. The van der Waals surface area contributed by atoms with Crippen LogP contribution in [-0.4, -0.2) is 30.5 Å². The highest BCUT2D eigenvalue weighted by Crippen LogP contribution is 2.23. The van der Waals surface area contributed by atoms with Crippen molar-refractivity contribution in [1.29, 1.82) is 0 Å². The molecule has 0 aliphatic heterocycles. The average molecular weight is 395 g/mol. The zero-order valence-electron chi connectivity index (χ0n) is 16.5. The Morgan fingerprint density at radius 2 is 2.10 bits per heavy atom. The van der Waals surface area contributed by atoms with Crippen molar-refractivity contribution in [2.75, 3.05) is 13.7 Å². The van der Waals surface area contributed by atoms with Gasteiger partial charge in [-0.3, -0.25) is 4.79 Å². The lowest BCUT2D eigenvalue weighted by molar-refractivity contribution is -0.147. The topological polar surface area (TPSA) is 69.0 Å². The molecule has 1 aromatic heterocycles. The average Bonchev–Trinajstić information content (AvgIpc) is 3.28. The van der Waals surface area contributed by atoms with Crippen LogP contribution in [0.2, 0.25) is 0 Å². The number of allylic oxidation sites excluding steroid dienone is 2. The van der Waals surface area contributed by atoms with Crippen molar-refractivity contribution in [2.24, 2.45) is 0 Å². The van der Waals surface area contributed by atoms with Crippen molar-refractivity contribution in [3.05, 3.63) is 71.8 Å². The summed E-state index contributed by atoms with van der Waals surface area (Å²) in [5.41, 5.74) is 1.76. The molecule has 0 fully saturated rings. The van der Waals surface area contributed by atoms with Crippen molar-refractivity contribution < 1.29 is 23.5 Å². The number of esters is 1. The number of carbonyl (C=O) groups is 2. The number of benzene rings is 1. The van der Waals surface area contributed by atoms with Gasteiger partial charge in [-0.05, 0) is 61.6 Å². The molecule has 2 aromatic rings. The standard InChI is InChI=1S/C23H25NO5/c1-27-20-10-5-7-18(15-20)12-13-23(26)29-17-22(25)24(16-21-11-6-14-28-21)19-8-3-2-4-9-19/h5-8,10-15H,2-4,9,16-17H2,1H3/b13-12+. The summed E-state index contributed by atoms with van der Waals surface area (Å²) in [6.45, 7) is 0.00813. The third kappa shape index (κ3) is 6.10. The minimum absolute atomic E-state index is 0.266. The van der Waals surface area contributed by atoms with E-state index in [0.717, 1.165) is 36.9 Å². The molecule has 6 heteroatoms. The number of hydrogen-bond acceptors (Lipinski definition) is 5. The fourth-order valence-electron chi connectivity index (χ4n) is 3.14. The minimum atomic E-state index is -0.572. The fraction of sp³-hybridized carbons (Fsp3) is 0.304. The lowest BCUT2D eigenvalue weighted by Gasteiger charge is -2.26. The predicted molar refractivity (Wildman–Crippen MR) is 109 cm³/mol. The number of methoxy groups -OCH3 is 1. The number of furan rings is 1. The van der Waals surface area contributed by atoms with Crippen molar-refractivity contribution in [1.82, 2.24) is 4.90 Å². The number of rotatable bonds is 8. The number of amides is 1. The molecule has 0 saturated heterocycles. The highest BCUT2D eigenvalue weighted by atomic mass is 16.5. The van der Waals surface area contributed by atoms with E-state index < -0.39 is 5.97 Å². The summed E-state index contributed by atoms with van der Waals surface area (Å²) in [5, 5.41) is 0. The first-order valence-electron chi connectivity index (χ1n) is 9.66. The second kappa shape index (κ2) is 10.3. The maximum absolute atomic E-state index is 12.8. The van der Waals surface area contributed by atoms with Crippen LogP contribution in [0.4, 0.5) is 0 Å². The van der Waals surface area contributed by atoms with E-state index in [1.54, 1.807) is 36.5 Å². The van der Waals surface area contributed by atoms with Crippen LogP contribution in [0, 0.1) is 0 Å². The molecule has 29 heavy (non-hydrogen) atoms. The maximum Gasteiger partial charge on any atom is 0.331 e. The minimum Gasteiger partial charge on any atom is -0.497 e. The van der Waals surface area contributed by atoms with Crippen molar-refractivity contribution in [2.45, 2.75) is 32.2 Å². The van der Waals surface area contributed by atoms with Gasteiger partial charge in [-0.2, -0.15) is 0 Å². The second-order valence-corrected chi connectivity index (χ2v) is 6.72. The highest BCUT2D eigenvalue weighted by Gasteiger charge is 2.21. The third-order valence-electron chi connectivity index (χ3n) is 4.65. The van der Waals surface area contributed by atoms with Crippen LogP contribution in [-0.2, 0) is 20.9 Å². The van der Waals surface area contributed by atoms with Gasteiger partial charge in [0.2, 0.25) is 0 Å². The summed E-state index contributed by atoms with van der Waals surface area (Å²) in [4.78, 5) is 26.5. The molecular formula is C23H25NO5. The summed E-state index contributed by atoms with van der Waals surface area (Å²) >= 11 is 0. The Bertz CT molecular complexity index is 882. The number of ether oxygens (including phenoxy) is 2. The molecule has 0 radical (unpaired) electrons. The van der Waals surface area contributed by atoms with Gasteiger partial charge in [0, 0.05) is 11.8 Å². The van der Waals surface area contributed by atoms with Crippen LogP contribution in [0.25, 0.3) is 6.08 Å². The molecular weight excluding hydrogens is 370 g/mol. The van der Waals surface area contributed by atoms with Gasteiger partial charge in [0.1, 0.15) is 11.5 Å². The lowest BCUT2D eigenvalue weighted by atomic mass is 10.0. The summed E-state index contributed by atoms with van der Waals surface area (Å²) in [5.74, 6) is 0.550. The largest absolute Gasteiger partial charge is 0.497 e. The zero-order chi connectivity index (χ0) is 20.5. The molecule has 0 spiro atoms. The van der Waals surface area contributed by atoms with Crippen LogP contribution in [0.5, 0.6) is 5.75 Å². The molecule has 0 atom stereocenters. The van der Waals surface area contributed by atoms with Crippen molar-refractivity contribution >= 4 is 18.0 Å². The van der Waals surface area contributed by atoms with E-state index in [2.05, 4.69) is 6.08 Å². The van der Waals surface area contributed by atoms with E-state index in [-0.39, 0.29) is 12.5 Å². The number of nitrogens with zero attached hydrogens (tertiary/aromatic N) is 1. The quantitative estimate of drug-likeness (QED) is 0.491. The van der Waals surface area contributed by atoms with Crippen LogP contribution >= 0.6 is 0 Å². The second-order valence-electron chi connectivity index (χ2n) is 6.72. The predicted octanol–water partition coefficient (Wildman–Crippen LogP) is 4.33. The van der Waals surface area contributed by atoms with Crippen LogP contribution in [0.1, 0.15) is 37.0 Å². The van der Waals surface area contributed by atoms with Crippen molar-refractivity contribution in [3.63, 3.8) is 0 Å². The molecule has 0 bridgehead atoms. The SMILES string of the molecule is COc1cccc(/C=C/C(=O)OCC(=O)N(Cc2ccco2)C2=CCCCC2)c1. The fourth-order valence-corrected chi connectivity index (χ4v) is 3.14. The van der Waals surface area contributed by atoms with E-state index in [1.807, 2.05) is 24.3 Å². The third-order valence-corrected chi connectivity index (χ3v) is 4.65. The summed E-state index contributed by atoms with van der Waals surface area (Å²) in [7, 11) is 1.58. The monoisotopic (exact) mass is 395 g/mol. The normalized spacial score (nSPS) is 13.8. The van der Waals surface area contributed by atoms with Gasteiger partial charge >= 0.3 is 5.97 Å². The van der Waals surface area contributed by atoms with Gasteiger partial charge in [-0.1, -0.05) is 18.2 Å². The number of carbonyl (C=O) groups excluding carboxylic acids is 2. The molecule has 0 saturated carbocycles. The van der Waals surface area contributed by atoms with E-state index >= 15 is 0 Å². The number of hydrogen-bond donors (Lipinski definition) is 0. The highest BCUT2D eigenvalue weighted by molar-refractivity contribution is 5.89. The van der Waals surface area contributed by atoms with E-state index in [0.29, 0.717) is 18.1 Å². The van der Waals surface area contributed by atoms with Gasteiger partial charge in [-0.25, -0.2) is 4.79 Å².